The third-order valence-electron chi connectivity index (χ3n) is 10.3. The summed E-state index contributed by atoms with van der Waals surface area (Å²) in [7, 11) is 0. The van der Waals surface area contributed by atoms with Crippen molar-refractivity contribution >= 4 is 11.6 Å². The summed E-state index contributed by atoms with van der Waals surface area (Å²) < 4.78 is 0. The molecule has 0 aromatic rings. The first-order chi connectivity index (χ1) is 15.0. The average molecular weight is 433 g/mol. The van der Waals surface area contributed by atoms with Gasteiger partial charge in [0.15, 0.2) is 11.6 Å². The maximum atomic E-state index is 13.2. The molecule has 0 spiro atoms. The summed E-state index contributed by atoms with van der Waals surface area (Å²) in [6.07, 6.45) is 5.76. The third kappa shape index (κ3) is 2.64. The molecule has 3 fully saturated rings. The van der Waals surface area contributed by atoms with Crippen LogP contribution >= 0.6 is 0 Å². The summed E-state index contributed by atoms with van der Waals surface area (Å²) in [5.74, 6) is 4.31. The normalized spacial score (nSPS) is 43.0. The first kappa shape index (κ1) is 22.1. The van der Waals surface area contributed by atoms with Crippen LogP contribution in [0, 0.1) is 46.8 Å². The minimum absolute atomic E-state index is 0.0889. The Balaban J connectivity index is 1.71. The fourth-order valence-electron chi connectivity index (χ4n) is 9.25. The number of Topliss-reactive ketones (excluding diaryl/α,β-unsaturated/α-hetero) is 2. The van der Waals surface area contributed by atoms with Gasteiger partial charge in [0.05, 0.1) is 0 Å². The zero-order chi connectivity index (χ0) is 23.3. The van der Waals surface area contributed by atoms with E-state index in [1.807, 2.05) is 0 Å². The first-order valence-corrected chi connectivity index (χ1v) is 12.8. The van der Waals surface area contributed by atoms with E-state index in [0.717, 1.165) is 24.0 Å². The zero-order valence-corrected chi connectivity index (χ0v) is 21.3. The summed E-state index contributed by atoms with van der Waals surface area (Å²) in [4.78, 5) is 26.3. The Morgan fingerprint density at radius 1 is 0.906 bits per heavy atom. The maximum absolute atomic E-state index is 13.2. The van der Waals surface area contributed by atoms with Crippen LogP contribution in [0.1, 0.15) is 81.1 Å². The highest BCUT2D eigenvalue weighted by molar-refractivity contribution is 5.97. The van der Waals surface area contributed by atoms with Gasteiger partial charge in [-0.3, -0.25) is 9.59 Å². The SMILES string of the molecule is CC1=C[C@@H]2[C@@H]3[C@@H]4C(=C(C)[C@@H]3[C@]13CC(=C(C)C)C(=O)C[C@@H](C)[C@H]23)CC(=C(C)C)C(=O)C[C@H]4C. The van der Waals surface area contributed by atoms with E-state index in [0.29, 0.717) is 65.8 Å². The van der Waals surface area contributed by atoms with Gasteiger partial charge >= 0.3 is 0 Å². The summed E-state index contributed by atoms with van der Waals surface area (Å²) in [6, 6.07) is 0. The number of carbonyl (C=O) groups is 2. The first-order valence-electron chi connectivity index (χ1n) is 12.8. The number of hydrogen-bond donors (Lipinski definition) is 0. The van der Waals surface area contributed by atoms with E-state index < -0.39 is 0 Å². The number of fused-ring (bicyclic) bond motifs is 4. The minimum atomic E-state index is 0.0889. The molecule has 0 amide bonds. The molecule has 8 atom stereocenters. The van der Waals surface area contributed by atoms with Gasteiger partial charge in [0.2, 0.25) is 0 Å². The Bertz CT molecular complexity index is 1040. The highest BCUT2D eigenvalue weighted by atomic mass is 16.1. The number of carbonyl (C=O) groups excluding carboxylic acids is 2. The van der Waals surface area contributed by atoms with Gasteiger partial charge in [-0.05, 0) is 107 Å². The van der Waals surface area contributed by atoms with Crippen LogP contribution in [0.25, 0.3) is 0 Å². The van der Waals surface area contributed by atoms with Crippen molar-refractivity contribution in [2.75, 3.05) is 0 Å². The molecular weight excluding hydrogens is 392 g/mol. The number of allylic oxidation sites excluding steroid dienone is 8. The smallest absolute Gasteiger partial charge is 0.159 e. The topological polar surface area (TPSA) is 34.1 Å². The molecule has 5 aliphatic rings. The van der Waals surface area contributed by atoms with Crippen LogP contribution < -0.4 is 0 Å². The Morgan fingerprint density at radius 3 is 2.12 bits per heavy atom. The van der Waals surface area contributed by atoms with Gasteiger partial charge in [-0.1, -0.05) is 47.8 Å². The van der Waals surface area contributed by atoms with Crippen molar-refractivity contribution in [3.63, 3.8) is 0 Å². The molecule has 0 saturated heterocycles. The molecular formula is C30H40O2. The fraction of sp³-hybridized carbons (Fsp3) is 0.667. The zero-order valence-electron chi connectivity index (χ0n) is 21.3. The van der Waals surface area contributed by atoms with Gasteiger partial charge < -0.3 is 0 Å². The lowest BCUT2D eigenvalue weighted by atomic mass is 9.61. The van der Waals surface area contributed by atoms with E-state index in [2.05, 4.69) is 61.5 Å². The fourth-order valence-corrected chi connectivity index (χ4v) is 9.25. The van der Waals surface area contributed by atoms with Crippen LogP contribution in [0.3, 0.4) is 0 Å². The molecule has 0 radical (unpaired) electrons. The molecule has 0 aromatic carbocycles. The van der Waals surface area contributed by atoms with E-state index in [4.69, 9.17) is 0 Å². The molecule has 172 valence electrons. The molecule has 0 aliphatic heterocycles. The molecule has 32 heavy (non-hydrogen) atoms. The van der Waals surface area contributed by atoms with Crippen molar-refractivity contribution in [2.24, 2.45) is 46.8 Å². The molecule has 0 heterocycles. The Morgan fingerprint density at radius 2 is 1.50 bits per heavy atom. The van der Waals surface area contributed by atoms with Crippen LogP contribution in [0.4, 0.5) is 0 Å². The second-order valence-corrected chi connectivity index (χ2v) is 12.3. The van der Waals surface area contributed by atoms with Gasteiger partial charge in [0.25, 0.3) is 0 Å². The van der Waals surface area contributed by atoms with Gasteiger partial charge in [-0.25, -0.2) is 0 Å². The Labute approximate surface area is 194 Å². The molecule has 3 saturated carbocycles. The Kier molecular flexibility index (Phi) is 4.94. The predicted octanol–water partition coefficient (Wildman–Crippen LogP) is 7.03. The van der Waals surface area contributed by atoms with E-state index >= 15 is 0 Å². The molecule has 2 bridgehead atoms. The van der Waals surface area contributed by atoms with E-state index in [1.54, 1.807) is 11.1 Å². The minimum Gasteiger partial charge on any atom is -0.295 e. The van der Waals surface area contributed by atoms with Crippen LogP contribution in [0.15, 0.2) is 45.1 Å². The maximum Gasteiger partial charge on any atom is 0.159 e. The molecule has 0 unspecified atom stereocenters. The lowest BCUT2D eigenvalue weighted by molar-refractivity contribution is -0.117. The van der Waals surface area contributed by atoms with Gasteiger partial charge in [0, 0.05) is 18.3 Å². The van der Waals surface area contributed by atoms with Crippen LogP contribution in [-0.2, 0) is 9.59 Å². The molecule has 0 aromatic heterocycles. The van der Waals surface area contributed by atoms with Crippen LogP contribution in [0.5, 0.6) is 0 Å². The molecule has 5 rings (SSSR count). The summed E-state index contributed by atoms with van der Waals surface area (Å²) in [5.41, 5.74) is 9.33. The van der Waals surface area contributed by atoms with Gasteiger partial charge in [-0.15, -0.1) is 0 Å². The molecule has 0 N–H and O–H groups in total. The molecule has 5 aliphatic carbocycles. The van der Waals surface area contributed by atoms with Crippen LogP contribution in [-0.4, -0.2) is 11.6 Å². The number of rotatable bonds is 0. The van der Waals surface area contributed by atoms with E-state index in [9.17, 15) is 9.59 Å². The monoisotopic (exact) mass is 432 g/mol. The van der Waals surface area contributed by atoms with Crippen molar-refractivity contribution in [1.29, 1.82) is 0 Å². The van der Waals surface area contributed by atoms with Gasteiger partial charge in [-0.2, -0.15) is 0 Å². The second-order valence-electron chi connectivity index (χ2n) is 12.3. The standard InChI is InChI=1S/C30H40O2/c1-14(2)20-12-21-19(8)29-27(26(21)16(5)9-24(20)31)22-11-18(7)30(29)13-23(15(3)4)25(32)10-17(6)28(22)30/h11,16-17,22,26-29H,9-10,12-13H2,1-8H3/t16-,17-,22-,26+,27-,28-,29+,30-/m1/s1. The quantitative estimate of drug-likeness (QED) is 0.304. The van der Waals surface area contributed by atoms with Crippen molar-refractivity contribution in [2.45, 2.75) is 81.1 Å². The Hall–Kier alpha value is -1.70. The highest BCUT2D eigenvalue weighted by Gasteiger charge is 2.70. The van der Waals surface area contributed by atoms with Crippen molar-refractivity contribution in [3.05, 3.63) is 45.1 Å². The lowest BCUT2D eigenvalue weighted by Gasteiger charge is -2.42. The van der Waals surface area contributed by atoms with Crippen molar-refractivity contribution in [1.82, 2.24) is 0 Å². The predicted molar refractivity (Wildman–Crippen MR) is 130 cm³/mol. The van der Waals surface area contributed by atoms with Crippen molar-refractivity contribution < 1.29 is 9.59 Å². The van der Waals surface area contributed by atoms with Crippen LogP contribution in [0.2, 0.25) is 0 Å². The van der Waals surface area contributed by atoms with Gasteiger partial charge in [0.1, 0.15) is 0 Å². The average Bonchev–Trinajstić information content (AvgIpc) is 3.17. The molecule has 2 nitrogen and oxygen atoms in total. The summed E-state index contributed by atoms with van der Waals surface area (Å²) in [6.45, 7) is 17.9. The summed E-state index contributed by atoms with van der Waals surface area (Å²) >= 11 is 0. The number of ketones is 2. The largest absolute Gasteiger partial charge is 0.295 e. The third-order valence-corrected chi connectivity index (χ3v) is 10.3. The highest BCUT2D eigenvalue weighted by Crippen LogP contribution is 2.76. The lowest BCUT2D eigenvalue weighted by Crippen LogP contribution is -2.36. The number of hydrogen-bond acceptors (Lipinski definition) is 2. The van der Waals surface area contributed by atoms with E-state index in [-0.39, 0.29) is 5.41 Å². The van der Waals surface area contributed by atoms with E-state index in [1.165, 1.54) is 16.7 Å². The summed E-state index contributed by atoms with van der Waals surface area (Å²) in [5, 5.41) is 0. The molecule has 2 heteroatoms. The van der Waals surface area contributed by atoms with Crippen molar-refractivity contribution in [3.8, 4) is 0 Å². The second kappa shape index (κ2) is 7.15.